The smallest absolute Gasteiger partial charge is 0.259 e. The number of rotatable bonds is 5. The Morgan fingerprint density at radius 1 is 1.24 bits per heavy atom. The van der Waals surface area contributed by atoms with Crippen molar-refractivity contribution in [3.05, 3.63) is 64.4 Å². The fourth-order valence-electron chi connectivity index (χ4n) is 4.31. The van der Waals surface area contributed by atoms with Gasteiger partial charge in [-0.3, -0.25) is 19.2 Å². The summed E-state index contributed by atoms with van der Waals surface area (Å²) >= 11 is 0. The van der Waals surface area contributed by atoms with Gasteiger partial charge in [-0.15, -0.1) is 0 Å². The molecule has 1 aliphatic carbocycles. The molecule has 1 aliphatic heterocycles. The molecular formula is C24H19F2NO7. The number of ether oxygens (including phenoxy) is 2. The second-order valence-corrected chi connectivity index (χ2v) is 8.11. The van der Waals surface area contributed by atoms with E-state index < -0.39 is 58.5 Å². The first-order chi connectivity index (χ1) is 16.0. The predicted octanol–water partition coefficient (Wildman–Crippen LogP) is 2.50. The molecule has 2 aromatic carbocycles. The molecule has 1 heterocycles. The van der Waals surface area contributed by atoms with Gasteiger partial charge in [0.05, 0.1) is 12.7 Å². The number of aromatic hydroxyl groups is 1. The van der Waals surface area contributed by atoms with Crippen LogP contribution in [-0.4, -0.2) is 35.5 Å². The van der Waals surface area contributed by atoms with Crippen LogP contribution in [0.15, 0.2) is 36.1 Å². The molecule has 0 saturated carbocycles. The fraction of sp³-hybridized carbons (Fsp3) is 0.250. The molecule has 8 nitrogen and oxygen atoms in total. The molecule has 1 unspecified atom stereocenters. The highest BCUT2D eigenvalue weighted by Crippen LogP contribution is 2.56. The zero-order valence-corrected chi connectivity index (χ0v) is 18.3. The maximum atomic E-state index is 14.0. The Labute approximate surface area is 192 Å². The van der Waals surface area contributed by atoms with Gasteiger partial charge in [-0.05, 0) is 26.0 Å². The minimum absolute atomic E-state index is 0.120. The summed E-state index contributed by atoms with van der Waals surface area (Å²) in [5, 5.41) is 13.1. The Kier molecular flexibility index (Phi) is 5.47. The van der Waals surface area contributed by atoms with Gasteiger partial charge < -0.3 is 19.9 Å². The van der Waals surface area contributed by atoms with Crippen LogP contribution in [0.4, 0.5) is 8.78 Å². The number of allylic oxidation sites excluding steroid dienone is 2. The molecule has 176 valence electrons. The van der Waals surface area contributed by atoms with Crippen molar-refractivity contribution in [3.63, 3.8) is 0 Å². The van der Waals surface area contributed by atoms with E-state index in [-0.39, 0.29) is 33.9 Å². The van der Waals surface area contributed by atoms with Gasteiger partial charge in [0.1, 0.15) is 51.6 Å². The number of hydrogen-bond donors (Lipinski definition) is 2. The van der Waals surface area contributed by atoms with Crippen molar-refractivity contribution in [1.82, 2.24) is 5.32 Å². The Hall–Kier alpha value is -4.08. The number of carbonyl (C=O) groups excluding carboxylic acids is 4. The van der Waals surface area contributed by atoms with Crippen molar-refractivity contribution < 1.29 is 42.5 Å². The lowest BCUT2D eigenvalue weighted by Crippen LogP contribution is -2.47. The summed E-state index contributed by atoms with van der Waals surface area (Å²) in [6.45, 7) is 1.96. The number of nitrogens with one attached hydrogen (secondary N) is 1. The highest BCUT2D eigenvalue weighted by Gasteiger charge is 2.58. The number of carbonyl (C=O) groups is 4. The molecule has 0 spiro atoms. The summed E-state index contributed by atoms with van der Waals surface area (Å²) in [7, 11) is 1.22. The van der Waals surface area contributed by atoms with Crippen LogP contribution >= 0.6 is 0 Å². The van der Waals surface area contributed by atoms with E-state index >= 15 is 0 Å². The van der Waals surface area contributed by atoms with Crippen molar-refractivity contribution in [2.24, 2.45) is 5.92 Å². The van der Waals surface area contributed by atoms with Gasteiger partial charge in [-0.25, -0.2) is 8.78 Å². The number of halogens is 2. The van der Waals surface area contributed by atoms with Crippen LogP contribution in [0.1, 0.15) is 35.3 Å². The number of methoxy groups -OCH3 is 1. The molecule has 0 aromatic heterocycles. The van der Waals surface area contributed by atoms with Crippen molar-refractivity contribution in [2.45, 2.75) is 25.8 Å². The Morgan fingerprint density at radius 3 is 2.47 bits per heavy atom. The van der Waals surface area contributed by atoms with Gasteiger partial charge in [0, 0.05) is 24.3 Å². The molecule has 0 saturated heterocycles. The Bertz CT molecular complexity index is 1300. The van der Waals surface area contributed by atoms with E-state index in [0.29, 0.717) is 0 Å². The van der Waals surface area contributed by atoms with Gasteiger partial charge in [-0.1, -0.05) is 6.07 Å². The lowest BCUT2D eigenvalue weighted by molar-refractivity contribution is -0.140. The molecule has 0 radical (unpaired) electrons. The molecule has 0 bridgehead atoms. The minimum atomic E-state index is -1.72. The Morgan fingerprint density at radius 2 is 1.88 bits per heavy atom. The van der Waals surface area contributed by atoms with E-state index in [2.05, 4.69) is 5.32 Å². The number of ketones is 3. The summed E-state index contributed by atoms with van der Waals surface area (Å²) in [5.41, 5.74) is -2.48. The summed E-state index contributed by atoms with van der Waals surface area (Å²) in [6, 6.07) is 4.35. The number of fused-ring (bicyclic) bond motifs is 3. The Balaban J connectivity index is 1.82. The van der Waals surface area contributed by atoms with Gasteiger partial charge >= 0.3 is 0 Å². The van der Waals surface area contributed by atoms with E-state index in [4.69, 9.17) is 9.47 Å². The van der Waals surface area contributed by atoms with Crippen LogP contribution in [0.3, 0.4) is 0 Å². The number of phenols is 1. The lowest BCUT2D eigenvalue weighted by Gasteiger charge is -2.30. The molecule has 2 aliphatic rings. The van der Waals surface area contributed by atoms with Crippen LogP contribution in [0, 0.1) is 17.6 Å². The van der Waals surface area contributed by atoms with E-state index in [0.717, 1.165) is 31.2 Å². The SMILES string of the molecule is COc1cc(O)c2c(c1C(=O)NCc1c(F)cccc1F)OC1=CC(=O)C(C(C)=O)C(=O)[C@]12C. The molecule has 1 amide bonds. The van der Waals surface area contributed by atoms with E-state index in [1.165, 1.54) is 20.1 Å². The van der Waals surface area contributed by atoms with Gasteiger partial charge in [0.15, 0.2) is 17.3 Å². The van der Waals surface area contributed by atoms with Crippen LogP contribution in [0.5, 0.6) is 17.2 Å². The average molecular weight is 471 g/mol. The maximum absolute atomic E-state index is 14.0. The first-order valence-electron chi connectivity index (χ1n) is 10.2. The van der Waals surface area contributed by atoms with Crippen molar-refractivity contribution in [1.29, 1.82) is 0 Å². The van der Waals surface area contributed by atoms with Crippen LogP contribution in [-0.2, 0) is 26.3 Å². The molecule has 2 atom stereocenters. The van der Waals surface area contributed by atoms with Crippen LogP contribution < -0.4 is 14.8 Å². The summed E-state index contributed by atoms with van der Waals surface area (Å²) < 4.78 is 38.9. The zero-order valence-electron chi connectivity index (χ0n) is 18.3. The fourth-order valence-corrected chi connectivity index (χ4v) is 4.31. The standard InChI is InChI=1S/C24H19F2NO7/c1-10(28)18-14(29)8-17-24(2,22(18)31)20-15(30)7-16(33-3)19(21(20)34-17)23(32)27-9-11-12(25)5-4-6-13(11)26/h4-8,18,30H,9H2,1-3H3,(H,27,32)/t18?,24-/m1/s1. The number of Topliss-reactive ketones (excluding diaryl/α,β-unsaturated/α-hetero) is 2. The van der Waals surface area contributed by atoms with Gasteiger partial charge in [0.25, 0.3) is 5.91 Å². The second-order valence-electron chi connectivity index (χ2n) is 8.11. The summed E-state index contributed by atoms with van der Waals surface area (Å²) in [4.78, 5) is 50.7. The number of phenolic OH excluding ortho intramolecular Hbond substituents is 1. The zero-order chi connectivity index (χ0) is 24.9. The quantitative estimate of drug-likeness (QED) is 0.643. The average Bonchev–Trinajstić information content (AvgIpc) is 3.06. The molecule has 0 fully saturated rings. The largest absolute Gasteiger partial charge is 0.507 e. The van der Waals surface area contributed by atoms with E-state index in [1.807, 2.05) is 0 Å². The predicted molar refractivity (Wildman–Crippen MR) is 112 cm³/mol. The van der Waals surface area contributed by atoms with Gasteiger partial charge in [0.2, 0.25) is 0 Å². The maximum Gasteiger partial charge on any atom is 0.259 e. The third-order valence-electron chi connectivity index (χ3n) is 6.08. The highest BCUT2D eigenvalue weighted by atomic mass is 19.1. The van der Waals surface area contributed by atoms with Gasteiger partial charge in [-0.2, -0.15) is 0 Å². The van der Waals surface area contributed by atoms with Crippen LogP contribution in [0.25, 0.3) is 0 Å². The number of benzene rings is 2. The molecule has 34 heavy (non-hydrogen) atoms. The monoisotopic (exact) mass is 471 g/mol. The second kappa shape index (κ2) is 8.05. The molecule has 2 N–H and O–H groups in total. The van der Waals surface area contributed by atoms with Crippen LogP contribution in [0.2, 0.25) is 0 Å². The first kappa shape index (κ1) is 23.1. The third kappa shape index (κ3) is 3.25. The summed E-state index contributed by atoms with van der Waals surface area (Å²) in [6.07, 6.45) is 0.996. The summed E-state index contributed by atoms with van der Waals surface area (Å²) in [5.74, 6) is -7.44. The van der Waals surface area contributed by atoms with E-state index in [9.17, 15) is 33.1 Å². The highest BCUT2D eigenvalue weighted by molar-refractivity contribution is 6.27. The molecule has 10 heteroatoms. The first-order valence-corrected chi connectivity index (χ1v) is 10.2. The molecular weight excluding hydrogens is 452 g/mol. The van der Waals surface area contributed by atoms with Crippen molar-refractivity contribution in [3.8, 4) is 17.2 Å². The number of hydrogen-bond acceptors (Lipinski definition) is 7. The normalized spacial score (nSPS) is 20.7. The third-order valence-corrected chi connectivity index (χ3v) is 6.08. The topological polar surface area (TPSA) is 119 Å². The lowest BCUT2D eigenvalue weighted by atomic mass is 9.67. The van der Waals surface area contributed by atoms with Crippen molar-refractivity contribution >= 4 is 23.3 Å². The molecule has 2 aromatic rings. The number of amides is 1. The minimum Gasteiger partial charge on any atom is -0.507 e. The van der Waals surface area contributed by atoms with E-state index in [1.54, 1.807) is 0 Å². The molecule has 4 rings (SSSR count). The van der Waals surface area contributed by atoms with Crippen molar-refractivity contribution in [2.75, 3.05) is 7.11 Å².